The van der Waals surface area contributed by atoms with Crippen LogP contribution in [0.2, 0.25) is 5.02 Å². The van der Waals surface area contributed by atoms with Gasteiger partial charge in [0.15, 0.2) is 0 Å². The van der Waals surface area contributed by atoms with Gasteiger partial charge in [0.05, 0.1) is 22.4 Å². The normalized spacial score (nSPS) is 12.8. The van der Waals surface area contributed by atoms with Gasteiger partial charge in [-0.15, -0.1) is 0 Å². The topological polar surface area (TPSA) is 43.8 Å². The zero-order valence-corrected chi connectivity index (χ0v) is 11.0. The molecule has 0 fully saturated rings. The van der Waals surface area contributed by atoms with Gasteiger partial charge in [-0.1, -0.05) is 23.7 Å². The van der Waals surface area contributed by atoms with Gasteiger partial charge in [0.25, 0.3) is 0 Å². The Morgan fingerprint density at radius 3 is 2.50 bits per heavy atom. The second kappa shape index (κ2) is 4.57. The highest BCUT2D eigenvalue weighted by Crippen LogP contribution is 2.26. The number of aryl methyl sites for hydroxylation is 1. The van der Waals surface area contributed by atoms with Gasteiger partial charge in [-0.3, -0.25) is 4.68 Å². The van der Waals surface area contributed by atoms with Crippen molar-refractivity contribution in [1.29, 1.82) is 0 Å². The minimum absolute atomic E-state index is 0.209. The highest BCUT2D eigenvalue weighted by molar-refractivity contribution is 9.10. The Balaban J connectivity index is 2.39. The van der Waals surface area contributed by atoms with Crippen molar-refractivity contribution < 1.29 is 0 Å². The fourth-order valence-electron chi connectivity index (χ4n) is 1.60. The molecule has 5 heteroatoms. The second-order valence-electron chi connectivity index (χ2n) is 3.53. The summed E-state index contributed by atoms with van der Waals surface area (Å²) in [5, 5.41) is 4.85. The molecular weight excluding hydrogens is 289 g/mol. The Morgan fingerprint density at radius 2 is 2.00 bits per heavy atom. The molecule has 3 nitrogen and oxygen atoms in total. The molecule has 1 aromatic carbocycles. The van der Waals surface area contributed by atoms with Crippen LogP contribution in [0.4, 0.5) is 0 Å². The smallest absolute Gasteiger partial charge is 0.0735 e. The number of hydrogen-bond acceptors (Lipinski definition) is 2. The van der Waals surface area contributed by atoms with Crippen LogP contribution in [-0.4, -0.2) is 9.78 Å². The minimum Gasteiger partial charge on any atom is -0.319 e. The van der Waals surface area contributed by atoms with E-state index in [2.05, 4.69) is 21.0 Å². The van der Waals surface area contributed by atoms with E-state index in [1.807, 2.05) is 31.3 Å². The van der Waals surface area contributed by atoms with Crippen LogP contribution in [0.25, 0.3) is 0 Å². The molecule has 2 aromatic rings. The molecule has 2 rings (SSSR count). The molecule has 0 saturated carbocycles. The standard InChI is InChI=1S/C11H11BrClN3/c1-16-11(9(12)6-15-16)10(14)7-2-4-8(13)5-3-7/h2-6,10H,14H2,1H3. The van der Waals surface area contributed by atoms with Crippen LogP contribution in [-0.2, 0) is 7.05 Å². The number of rotatable bonds is 2. The zero-order chi connectivity index (χ0) is 11.7. The molecule has 2 N–H and O–H groups in total. The van der Waals surface area contributed by atoms with E-state index >= 15 is 0 Å². The lowest BCUT2D eigenvalue weighted by molar-refractivity contribution is 0.671. The number of nitrogens with zero attached hydrogens (tertiary/aromatic N) is 2. The largest absolute Gasteiger partial charge is 0.319 e. The summed E-state index contributed by atoms with van der Waals surface area (Å²) < 4.78 is 2.68. The van der Waals surface area contributed by atoms with E-state index in [-0.39, 0.29) is 6.04 Å². The van der Waals surface area contributed by atoms with Crippen molar-refractivity contribution in [1.82, 2.24) is 9.78 Å². The molecule has 0 saturated heterocycles. The Morgan fingerprint density at radius 1 is 1.38 bits per heavy atom. The average Bonchev–Trinajstić information content (AvgIpc) is 2.59. The molecule has 0 aliphatic carbocycles. The molecule has 0 aliphatic rings. The van der Waals surface area contributed by atoms with E-state index in [9.17, 15) is 0 Å². The summed E-state index contributed by atoms with van der Waals surface area (Å²) in [5.74, 6) is 0. The van der Waals surface area contributed by atoms with Gasteiger partial charge in [-0.25, -0.2) is 0 Å². The average molecular weight is 301 g/mol. The number of benzene rings is 1. The molecule has 84 valence electrons. The van der Waals surface area contributed by atoms with E-state index in [0.717, 1.165) is 15.7 Å². The van der Waals surface area contributed by atoms with Crippen LogP contribution in [0, 0.1) is 0 Å². The van der Waals surface area contributed by atoms with E-state index in [4.69, 9.17) is 17.3 Å². The first-order valence-corrected chi connectivity index (χ1v) is 5.95. The number of nitrogens with two attached hydrogens (primary N) is 1. The molecule has 1 heterocycles. The highest BCUT2D eigenvalue weighted by Gasteiger charge is 2.16. The summed E-state index contributed by atoms with van der Waals surface area (Å²) in [4.78, 5) is 0. The van der Waals surface area contributed by atoms with Crippen LogP contribution >= 0.6 is 27.5 Å². The zero-order valence-electron chi connectivity index (χ0n) is 8.69. The third-order valence-corrected chi connectivity index (χ3v) is 3.32. The van der Waals surface area contributed by atoms with Crippen molar-refractivity contribution in [3.63, 3.8) is 0 Å². The van der Waals surface area contributed by atoms with Gasteiger partial charge in [0.1, 0.15) is 0 Å². The Hall–Kier alpha value is -0.840. The predicted molar refractivity (Wildman–Crippen MR) is 68.4 cm³/mol. The van der Waals surface area contributed by atoms with Crippen LogP contribution in [0.5, 0.6) is 0 Å². The summed E-state index contributed by atoms with van der Waals surface area (Å²) in [7, 11) is 1.87. The molecule has 0 bridgehead atoms. The van der Waals surface area contributed by atoms with Crippen molar-refractivity contribution in [2.45, 2.75) is 6.04 Å². The Labute approximate surface area is 107 Å². The van der Waals surface area contributed by atoms with Crippen LogP contribution in [0.3, 0.4) is 0 Å². The summed E-state index contributed by atoms with van der Waals surface area (Å²) in [6.45, 7) is 0. The second-order valence-corrected chi connectivity index (χ2v) is 4.82. The lowest BCUT2D eigenvalue weighted by Crippen LogP contribution is -2.16. The molecule has 1 aromatic heterocycles. The third-order valence-electron chi connectivity index (χ3n) is 2.46. The van der Waals surface area contributed by atoms with Gasteiger partial charge < -0.3 is 5.73 Å². The molecule has 0 aliphatic heterocycles. The summed E-state index contributed by atoms with van der Waals surface area (Å²) in [5.41, 5.74) is 8.13. The van der Waals surface area contributed by atoms with Gasteiger partial charge in [-0.2, -0.15) is 5.10 Å². The quantitative estimate of drug-likeness (QED) is 0.927. The number of hydrogen-bond donors (Lipinski definition) is 1. The van der Waals surface area contributed by atoms with E-state index in [1.165, 1.54) is 0 Å². The maximum absolute atomic E-state index is 6.18. The van der Waals surface area contributed by atoms with Crippen molar-refractivity contribution >= 4 is 27.5 Å². The highest BCUT2D eigenvalue weighted by atomic mass is 79.9. The molecule has 0 radical (unpaired) electrons. The lowest BCUT2D eigenvalue weighted by atomic mass is 10.1. The van der Waals surface area contributed by atoms with Gasteiger partial charge in [-0.05, 0) is 33.6 Å². The van der Waals surface area contributed by atoms with E-state index in [0.29, 0.717) is 5.02 Å². The molecule has 0 spiro atoms. The first-order chi connectivity index (χ1) is 7.59. The molecule has 16 heavy (non-hydrogen) atoms. The molecule has 0 amide bonds. The van der Waals surface area contributed by atoms with Crippen molar-refractivity contribution in [2.75, 3.05) is 0 Å². The Kier molecular flexibility index (Phi) is 3.33. The van der Waals surface area contributed by atoms with Crippen LogP contribution in [0.15, 0.2) is 34.9 Å². The van der Waals surface area contributed by atoms with Crippen molar-refractivity contribution in [3.8, 4) is 0 Å². The minimum atomic E-state index is -0.209. The van der Waals surface area contributed by atoms with E-state index in [1.54, 1.807) is 10.9 Å². The lowest BCUT2D eigenvalue weighted by Gasteiger charge is -2.13. The fraction of sp³-hybridized carbons (Fsp3) is 0.182. The molecule has 1 unspecified atom stereocenters. The van der Waals surface area contributed by atoms with Gasteiger partial charge in [0.2, 0.25) is 0 Å². The predicted octanol–water partition coefficient (Wildman–Crippen LogP) is 2.88. The first-order valence-electron chi connectivity index (χ1n) is 4.78. The third kappa shape index (κ3) is 2.14. The summed E-state index contributed by atoms with van der Waals surface area (Å²) >= 11 is 9.28. The molecular formula is C11H11BrClN3. The Bertz CT molecular complexity index is 473. The van der Waals surface area contributed by atoms with Gasteiger partial charge >= 0.3 is 0 Å². The number of aromatic nitrogens is 2. The maximum atomic E-state index is 6.18. The monoisotopic (exact) mass is 299 g/mol. The van der Waals surface area contributed by atoms with Gasteiger partial charge in [0, 0.05) is 12.1 Å². The first kappa shape index (κ1) is 11.6. The molecule has 1 atom stereocenters. The summed E-state index contributed by atoms with van der Waals surface area (Å²) in [6.07, 6.45) is 1.74. The van der Waals surface area contributed by atoms with Crippen molar-refractivity contribution in [2.24, 2.45) is 12.8 Å². The fourth-order valence-corrected chi connectivity index (χ4v) is 2.32. The SMILES string of the molecule is Cn1ncc(Br)c1C(N)c1ccc(Cl)cc1. The van der Waals surface area contributed by atoms with Crippen LogP contribution in [0.1, 0.15) is 17.3 Å². The maximum Gasteiger partial charge on any atom is 0.0735 e. The van der Waals surface area contributed by atoms with Crippen LogP contribution < -0.4 is 5.73 Å². The van der Waals surface area contributed by atoms with Crippen molar-refractivity contribution in [3.05, 3.63) is 51.2 Å². The number of halogens is 2. The summed E-state index contributed by atoms with van der Waals surface area (Å²) in [6, 6.07) is 7.31. The van der Waals surface area contributed by atoms with E-state index < -0.39 is 0 Å².